The molecule has 0 saturated heterocycles. The molecule has 0 saturated carbocycles. The number of benzene rings is 1. The summed E-state index contributed by atoms with van der Waals surface area (Å²) in [6.07, 6.45) is 1.25. The summed E-state index contributed by atoms with van der Waals surface area (Å²) in [5.74, 6) is 0.110. The van der Waals surface area contributed by atoms with Crippen molar-refractivity contribution in [2.24, 2.45) is 0 Å². The average molecular weight is 269 g/mol. The van der Waals surface area contributed by atoms with E-state index in [9.17, 15) is 4.39 Å². The molecule has 0 aliphatic carbocycles. The first kappa shape index (κ1) is 12.4. The Balaban J connectivity index is 2.40. The van der Waals surface area contributed by atoms with Gasteiger partial charge in [-0.3, -0.25) is 0 Å². The molecule has 0 radical (unpaired) electrons. The van der Waals surface area contributed by atoms with Gasteiger partial charge in [0.25, 0.3) is 0 Å². The number of halogens is 2. The lowest BCUT2D eigenvalue weighted by Gasteiger charge is -2.11. The zero-order valence-electron chi connectivity index (χ0n) is 9.45. The molecule has 18 heavy (non-hydrogen) atoms. The molecule has 7 heteroatoms. The van der Waals surface area contributed by atoms with E-state index in [1.807, 2.05) is 0 Å². The van der Waals surface area contributed by atoms with Crippen LogP contribution in [0.5, 0.6) is 5.75 Å². The van der Waals surface area contributed by atoms with Crippen molar-refractivity contribution in [3.63, 3.8) is 0 Å². The monoisotopic (exact) mass is 268 g/mol. The maximum Gasteiger partial charge on any atom is 0.204 e. The van der Waals surface area contributed by atoms with E-state index in [0.717, 1.165) is 0 Å². The summed E-state index contributed by atoms with van der Waals surface area (Å²) in [7, 11) is 1.43. The standard InChI is InChI=1S/C11H10ClFN4O/c1-18-9-10(14)15-5-16-11(9)17-7-4-2-3-6(12)8(7)13/h2-5H,1H3,(H3,14,15,16,17). The van der Waals surface area contributed by atoms with E-state index in [1.165, 1.54) is 25.6 Å². The minimum absolute atomic E-state index is 0.0148. The van der Waals surface area contributed by atoms with Crippen LogP contribution in [-0.2, 0) is 0 Å². The number of methoxy groups -OCH3 is 1. The number of nitrogens with two attached hydrogens (primary N) is 1. The second-order valence-corrected chi connectivity index (χ2v) is 3.77. The molecule has 1 aromatic heterocycles. The van der Waals surface area contributed by atoms with Crippen molar-refractivity contribution in [3.05, 3.63) is 35.4 Å². The molecule has 0 bridgehead atoms. The van der Waals surface area contributed by atoms with Crippen LogP contribution in [0.3, 0.4) is 0 Å². The summed E-state index contributed by atoms with van der Waals surface area (Å²) in [6.45, 7) is 0. The number of ether oxygens (including phenoxy) is 1. The first-order valence-corrected chi connectivity index (χ1v) is 5.36. The molecule has 3 N–H and O–H groups in total. The van der Waals surface area contributed by atoms with E-state index >= 15 is 0 Å². The van der Waals surface area contributed by atoms with Crippen molar-refractivity contribution in [1.82, 2.24) is 9.97 Å². The Morgan fingerprint density at radius 2 is 2.17 bits per heavy atom. The molecule has 0 fully saturated rings. The molecule has 0 amide bonds. The van der Waals surface area contributed by atoms with Gasteiger partial charge in [-0.2, -0.15) is 0 Å². The third kappa shape index (κ3) is 2.28. The van der Waals surface area contributed by atoms with Gasteiger partial charge in [0, 0.05) is 0 Å². The number of hydrogen-bond acceptors (Lipinski definition) is 5. The number of hydrogen-bond donors (Lipinski definition) is 2. The molecule has 0 atom stereocenters. The fourth-order valence-electron chi connectivity index (χ4n) is 1.41. The minimum atomic E-state index is -0.571. The Bertz CT molecular complexity index is 579. The van der Waals surface area contributed by atoms with Crippen LogP contribution in [0.25, 0.3) is 0 Å². The summed E-state index contributed by atoms with van der Waals surface area (Å²) in [5.41, 5.74) is 5.80. The number of nitrogens with one attached hydrogen (secondary N) is 1. The molecule has 2 rings (SSSR count). The summed E-state index contributed by atoms with van der Waals surface area (Å²) >= 11 is 5.68. The Kier molecular flexibility index (Phi) is 3.47. The third-order valence-electron chi connectivity index (χ3n) is 2.24. The number of nitrogens with zero attached hydrogens (tertiary/aromatic N) is 2. The SMILES string of the molecule is COc1c(N)ncnc1Nc1cccc(Cl)c1F. The molecule has 0 aliphatic rings. The summed E-state index contributed by atoms with van der Waals surface area (Å²) in [5, 5.41) is 2.77. The fraction of sp³-hybridized carbons (Fsp3) is 0.0909. The maximum absolute atomic E-state index is 13.7. The van der Waals surface area contributed by atoms with Crippen LogP contribution < -0.4 is 15.8 Å². The van der Waals surface area contributed by atoms with Gasteiger partial charge in [-0.05, 0) is 12.1 Å². The summed E-state index contributed by atoms with van der Waals surface area (Å²) < 4.78 is 18.8. The number of anilines is 3. The first-order chi connectivity index (χ1) is 8.63. The second-order valence-electron chi connectivity index (χ2n) is 3.37. The molecule has 0 unspecified atom stereocenters. The van der Waals surface area contributed by atoms with Gasteiger partial charge in [0.05, 0.1) is 17.8 Å². The lowest BCUT2D eigenvalue weighted by molar-refractivity contribution is 0.415. The molecule has 1 heterocycles. The van der Waals surface area contributed by atoms with Gasteiger partial charge >= 0.3 is 0 Å². The Labute approximate surface area is 108 Å². The van der Waals surface area contributed by atoms with Gasteiger partial charge in [-0.1, -0.05) is 17.7 Å². The van der Waals surface area contributed by atoms with Crippen LogP contribution >= 0.6 is 11.6 Å². The molecule has 94 valence electrons. The van der Waals surface area contributed by atoms with Gasteiger partial charge in [-0.15, -0.1) is 0 Å². The van der Waals surface area contributed by atoms with Crippen LogP contribution in [-0.4, -0.2) is 17.1 Å². The molecule has 0 aliphatic heterocycles. The number of nitrogen functional groups attached to an aromatic ring is 1. The molecular weight excluding hydrogens is 259 g/mol. The van der Waals surface area contributed by atoms with Gasteiger partial charge < -0.3 is 15.8 Å². The van der Waals surface area contributed by atoms with Crippen molar-refractivity contribution in [1.29, 1.82) is 0 Å². The van der Waals surface area contributed by atoms with E-state index in [2.05, 4.69) is 15.3 Å². The van der Waals surface area contributed by atoms with E-state index in [4.69, 9.17) is 22.1 Å². The number of rotatable bonds is 3. The first-order valence-electron chi connectivity index (χ1n) is 4.99. The highest BCUT2D eigenvalue weighted by Gasteiger charge is 2.12. The molecule has 0 spiro atoms. The van der Waals surface area contributed by atoms with Gasteiger partial charge in [0.15, 0.2) is 17.5 Å². The van der Waals surface area contributed by atoms with Crippen LogP contribution in [0.1, 0.15) is 0 Å². The molecule has 1 aromatic carbocycles. The summed E-state index contributed by atoms with van der Waals surface area (Å²) in [6, 6.07) is 4.59. The number of aromatic nitrogens is 2. The molecular formula is C11H10ClFN4O. The second kappa shape index (κ2) is 5.05. The highest BCUT2D eigenvalue weighted by molar-refractivity contribution is 6.31. The van der Waals surface area contributed by atoms with Crippen molar-refractivity contribution < 1.29 is 9.13 Å². The Morgan fingerprint density at radius 1 is 1.39 bits per heavy atom. The van der Waals surface area contributed by atoms with Crippen molar-refractivity contribution in [3.8, 4) is 5.75 Å². The average Bonchev–Trinajstić information content (AvgIpc) is 2.35. The predicted octanol–water partition coefficient (Wildman–Crippen LogP) is 2.60. The van der Waals surface area contributed by atoms with Gasteiger partial charge in [0.1, 0.15) is 6.33 Å². The van der Waals surface area contributed by atoms with Crippen molar-refractivity contribution >= 4 is 28.9 Å². The van der Waals surface area contributed by atoms with E-state index in [1.54, 1.807) is 6.07 Å². The lowest BCUT2D eigenvalue weighted by atomic mass is 10.3. The normalized spacial score (nSPS) is 10.2. The van der Waals surface area contributed by atoms with E-state index < -0.39 is 5.82 Å². The van der Waals surface area contributed by atoms with Gasteiger partial charge in [-0.25, -0.2) is 14.4 Å². The van der Waals surface area contributed by atoms with Crippen LogP contribution in [0.15, 0.2) is 24.5 Å². The molecule has 2 aromatic rings. The van der Waals surface area contributed by atoms with Crippen molar-refractivity contribution in [2.75, 3.05) is 18.2 Å². The van der Waals surface area contributed by atoms with E-state index in [0.29, 0.717) is 0 Å². The lowest BCUT2D eigenvalue weighted by Crippen LogP contribution is -2.03. The zero-order valence-corrected chi connectivity index (χ0v) is 10.2. The van der Waals surface area contributed by atoms with Crippen LogP contribution in [0.2, 0.25) is 5.02 Å². The third-order valence-corrected chi connectivity index (χ3v) is 2.53. The highest BCUT2D eigenvalue weighted by Crippen LogP contribution is 2.31. The van der Waals surface area contributed by atoms with E-state index in [-0.39, 0.29) is 28.1 Å². The summed E-state index contributed by atoms with van der Waals surface area (Å²) in [4.78, 5) is 7.71. The topological polar surface area (TPSA) is 73.1 Å². The molecule has 5 nitrogen and oxygen atoms in total. The minimum Gasteiger partial charge on any atom is -0.490 e. The Hall–Kier alpha value is -2.08. The smallest absolute Gasteiger partial charge is 0.204 e. The fourth-order valence-corrected chi connectivity index (χ4v) is 1.58. The predicted molar refractivity (Wildman–Crippen MR) is 67.7 cm³/mol. The van der Waals surface area contributed by atoms with Crippen LogP contribution in [0.4, 0.5) is 21.7 Å². The Morgan fingerprint density at radius 3 is 2.89 bits per heavy atom. The zero-order chi connectivity index (χ0) is 13.1. The van der Waals surface area contributed by atoms with Crippen molar-refractivity contribution in [2.45, 2.75) is 0 Å². The quantitative estimate of drug-likeness (QED) is 0.895. The maximum atomic E-state index is 13.7. The van der Waals surface area contributed by atoms with Crippen LogP contribution in [0, 0.1) is 5.82 Å². The largest absolute Gasteiger partial charge is 0.490 e. The van der Waals surface area contributed by atoms with Gasteiger partial charge in [0.2, 0.25) is 5.75 Å². The highest BCUT2D eigenvalue weighted by atomic mass is 35.5.